The summed E-state index contributed by atoms with van der Waals surface area (Å²) in [6, 6.07) is 17.3. The fourth-order valence-electron chi connectivity index (χ4n) is 4.74. The second kappa shape index (κ2) is 12.9. The Hall–Kier alpha value is -3.71. The molecule has 7 nitrogen and oxygen atoms in total. The summed E-state index contributed by atoms with van der Waals surface area (Å²) in [5.74, 6) is 2.82. The Balaban J connectivity index is 1.39. The first-order valence-corrected chi connectivity index (χ1v) is 13.5. The quantitative estimate of drug-likeness (QED) is 0.201. The van der Waals surface area contributed by atoms with Crippen molar-refractivity contribution in [3.63, 3.8) is 0 Å². The van der Waals surface area contributed by atoms with Crippen molar-refractivity contribution in [1.82, 2.24) is 14.9 Å². The molecule has 0 aliphatic rings. The van der Waals surface area contributed by atoms with E-state index < -0.39 is 0 Å². The number of para-hydroxylation sites is 2. The van der Waals surface area contributed by atoms with Gasteiger partial charge in [-0.2, -0.15) is 0 Å². The first-order valence-electron chi connectivity index (χ1n) is 13.2. The second-order valence-corrected chi connectivity index (χ2v) is 10.1. The molecule has 0 aliphatic carbocycles. The summed E-state index contributed by atoms with van der Waals surface area (Å²) in [5.41, 5.74) is 4.85. The van der Waals surface area contributed by atoms with E-state index >= 15 is 0 Å². The summed E-state index contributed by atoms with van der Waals surface area (Å²) in [7, 11) is 3.17. The average molecular weight is 550 g/mol. The first-order chi connectivity index (χ1) is 18.8. The Morgan fingerprint density at radius 1 is 1.00 bits per heavy atom. The number of hydrogen-bond acceptors (Lipinski definition) is 5. The highest BCUT2D eigenvalue weighted by Crippen LogP contribution is 2.28. The minimum absolute atomic E-state index is 0.0877. The molecule has 1 N–H and O–H groups in total. The Morgan fingerprint density at radius 2 is 1.72 bits per heavy atom. The molecule has 3 aromatic carbocycles. The topological polar surface area (TPSA) is 74.6 Å². The fraction of sp³-hybridized carbons (Fsp3) is 0.355. The fourth-order valence-corrected chi connectivity index (χ4v) is 4.85. The predicted octanol–water partition coefficient (Wildman–Crippen LogP) is 6.60. The largest absolute Gasteiger partial charge is 0.494 e. The third-order valence-corrected chi connectivity index (χ3v) is 7.31. The zero-order valence-corrected chi connectivity index (χ0v) is 24.0. The number of carbonyl (C=O) groups is 1. The smallest absolute Gasteiger partial charge is 0.224 e. The molecule has 4 rings (SSSR count). The number of hydrogen-bond donors (Lipinski definition) is 1. The highest BCUT2D eigenvalue weighted by molar-refractivity contribution is 6.32. The standard InChI is InChI=1S/C31H36ClN3O4/c1-20-16-24(17-21(2)30(20)32)39-15-9-8-14-35-26-11-7-6-10-25(26)34-31(35)22(3)33-29(36)19-23-12-13-27(37-4)28(18-23)38-5/h6-7,10-13,16-18,22H,8-9,14-15,19H2,1-5H3,(H,33,36). The summed E-state index contributed by atoms with van der Waals surface area (Å²) in [5, 5.41) is 3.90. The molecule has 1 aromatic heterocycles. The molecule has 1 heterocycles. The van der Waals surface area contributed by atoms with Crippen LogP contribution in [0.5, 0.6) is 17.2 Å². The van der Waals surface area contributed by atoms with Gasteiger partial charge in [0.15, 0.2) is 11.5 Å². The van der Waals surface area contributed by atoms with Crippen LogP contribution in [0.15, 0.2) is 54.6 Å². The molecule has 0 saturated carbocycles. The van der Waals surface area contributed by atoms with Gasteiger partial charge in [-0.15, -0.1) is 0 Å². The number of methoxy groups -OCH3 is 2. The molecule has 1 unspecified atom stereocenters. The summed E-state index contributed by atoms with van der Waals surface area (Å²) < 4.78 is 18.9. The molecule has 0 fully saturated rings. The first kappa shape index (κ1) is 28.3. The van der Waals surface area contributed by atoms with E-state index in [0.717, 1.165) is 63.7 Å². The summed E-state index contributed by atoms with van der Waals surface area (Å²) >= 11 is 6.27. The molecular formula is C31H36ClN3O4. The highest BCUT2D eigenvalue weighted by Gasteiger charge is 2.19. The summed E-state index contributed by atoms with van der Waals surface area (Å²) in [4.78, 5) is 17.8. The van der Waals surface area contributed by atoms with Gasteiger partial charge in [-0.1, -0.05) is 29.8 Å². The van der Waals surface area contributed by atoms with Crippen LogP contribution in [0, 0.1) is 13.8 Å². The molecule has 39 heavy (non-hydrogen) atoms. The van der Waals surface area contributed by atoms with E-state index in [0.29, 0.717) is 18.1 Å². The average Bonchev–Trinajstić information content (AvgIpc) is 3.30. The molecule has 1 atom stereocenters. The number of aromatic nitrogens is 2. The van der Waals surface area contributed by atoms with Crippen molar-refractivity contribution in [2.75, 3.05) is 20.8 Å². The van der Waals surface area contributed by atoms with Crippen molar-refractivity contribution in [3.8, 4) is 17.2 Å². The van der Waals surface area contributed by atoms with Crippen molar-refractivity contribution in [2.45, 2.75) is 52.6 Å². The van der Waals surface area contributed by atoms with Crippen LogP contribution in [0.3, 0.4) is 0 Å². The monoisotopic (exact) mass is 549 g/mol. The minimum Gasteiger partial charge on any atom is -0.494 e. The molecule has 0 aliphatic heterocycles. The van der Waals surface area contributed by atoms with Crippen molar-refractivity contribution in [2.24, 2.45) is 0 Å². The molecule has 0 radical (unpaired) electrons. The molecule has 0 saturated heterocycles. The van der Waals surface area contributed by atoms with Crippen LogP contribution >= 0.6 is 11.6 Å². The van der Waals surface area contributed by atoms with Gasteiger partial charge in [-0.3, -0.25) is 4.79 Å². The Morgan fingerprint density at radius 3 is 2.44 bits per heavy atom. The number of nitrogens with one attached hydrogen (secondary N) is 1. The normalized spacial score (nSPS) is 11.8. The number of rotatable bonds is 12. The van der Waals surface area contributed by atoms with Gasteiger partial charge in [-0.05, 0) is 86.7 Å². The van der Waals surface area contributed by atoms with Gasteiger partial charge in [-0.25, -0.2) is 4.98 Å². The van der Waals surface area contributed by atoms with Gasteiger partial charge in [0.05, 0.1) is 44.3 Å². The van der Waals surface area contributed by atoms with Crippen LogP contribution in [0.1, 0.15) is 48.3 Å². The number of amides is 1. The van der Waals surface area contributed by atoms with Gasteiger partial charge in [0.2, 0.25) is 5.91 Å². The van der Waals surface area contributed by atoms with Crippen molar-refractivity contribution >= 4 is 28.5 Å². The molecule has 8 heteroatoms. The number of ether oxygens (including phenoxy) is 3. The van der Waals surface area contributed by atoms with Crippen LogP contribution in [-0.2, 0) is 17.8 Å². The summed E-state index contributed by atoms with van der Waals surface area (Å²) in [6.45, 7) is 7.33. The van der Waals surface area contributed by atoms with E-state index in [4.69, 9.17) is 30.8 Å². The lowest BCUT2D eigenvalue weighted by Crippen LogP contribution is -2.30. The predicted molar refractivity (Wildman–Crippen MR) is 155 cm³/mol. The number of imidazole rings is 1. The highest BCUT2D eigenvalue weighted by atomic mass is 35.5. The van der Waals surface area contributed by atoms with Gasteiger partial charge in [0.25, 0.3) is 0 Å². The van der Waals surface area contributed by atoms with E-state index in [9.17, 15) is 4.79 Å². The third kappa shape index (κ3) is 6.84. The van der Waals surface area contributed by atoms with Crippen LogP contribution in [-0.4, -0.2) is 36.3 Å². The van der Waals surface area contributed by atoms with Crippen molar-refractivity contribution in [1.29, 1.82) is 0 Å². The van der Waals surface area contributed by atoms with Gasteiger partial charge in [0.1, 0.15) is 11.6 Å². The number of carbonyl (C=O) groups excluding carboxylic acids is 1. The molecular weight excluding hydrogens is 514 g/mol. The van der Waals surface area contributed by atoms with Crippen molar-refractivity contribution in [3.05, 3.63) is 82.1 Å². The van der Waals surface area contributed by atoms with Gasteiger partial charge in [0, 0.05) is 11.6 Å². The number of benzene rings is 3. The maximum atomic E-state index is 12.9. The number of fused-ring (bicyclic) bond motifs is 1. The maximum absolute atomic E-state index is 12.9. The zero-order chi connectivity index (χ0) is 27.9. The number of aryl methyl sites for hydroxylation is 3. The van der Waals surface area contributed by atoms with E-state index in [2.05, 4.69) is 16.0 Å². The number of unbranched alkanes of at least 4 members (excludes halogenated alkanes) is 1. The SMILES string of the molecule is COc1ccc(CC(=O)NC(C)c2nc3ccccc3n2CCCCOc2cc(C)c(Cl)c(C)c2)cc1OC. The molecule has 0 bridgehead atoms. The third-order valence-electron chi connectivity index (χ3n) is 6.72. The van der Waals surface area contributed by atoms with Crippen LogP contribution in [0.4, 0.5) is 0 Å². The van der Waals surface area contributed by atoms with E-state index in [1.165, 1.54) is 0 Å². The number of halogens is 1. The van der Waals surface area contributed by atoms with Crippen LogP contribution in [0.2, 0.25) is 5.02 Å². The van der Waals surface area contributed by atoms with Crippen LogP contribution < -0.4 is 19.5 Å². The summed E-state index contributed by atoms with van der Waals surface area (Å²) in [6.07, 6.45) is 2.02. The molecule has 4 aromatic rings. The molecule has 206 valence electrons. The molecule has 0 spiro atoms. The van der Waals surface area contributed by atoms with Crippen molar-refractivity contribution < 1.29 is 19.0 Å². The van der Waals surface area contributed by atoms with E-state index in [-0.39, 0.29) is 18.4 Å². The Kier molecular flexibility index (Phi) is 9.36. The Bertz CT molecular complexity index is 1430. The lowest BCUT2D eigenvalue weighted by Gasteiger charge is -2.17. The van der Waals surface area contributed by atoms with Gasteiger partial charge < -0.3 is 24.1 Å². The maximum Gasteiger partial charge on any atom is 0.224 e. The van der Waals surface area contributed by atoms with E-state index in [1.54, 1.807) is 14.2 Å². The lowest BCUT2D eigenvalue weighted by atomic mass is 10.1. The van der Waals surface area contributed by atoms with Crippen LogP contribution in [0.25, 0.3) is 11.0 Å². The van der Waals surface area contributed by atoms with Gasteiger partial charge >= 0.3 is 0 Å². The number of nitrogens with zero attached hydrogens (tertiary/aromatic N) is 2. The second-order valence-electron chi connectivity index (χ2n) is 9.69. The minimum atomic E-state index is -0.263. The molecule has 1 amide bonds. The zero-order valence-electron chi connectivity index (χ0n) is 23.2. The van der Waals surface area contributed by atoms with E-state index in [1.807, 2.05) is 69.3 Å². The lowest BCUT2D eigenvalue weighted by molar-refractivity contribution is -0.121. The Labute approximate surface area is 235 Å².